The third-order valence-electron chi connectivity index (χ3n) is 7.49. The van der Waals surface area contributed by atoms with Crippen LogP contribution in [-0.4, -0.2) is 52.3 Å². The molecule has 0 N–H and O–H groups in total. The molecule has 0 radical (unpaired) electrons. The van der Waals surface area contributed by atoms with Gasteiger partial charge in [-0.3, -0.25) is 9.36 Å². The predicted molar refractivity (Wildman–Crippen MR) is 143 cm³/mol. The number of carbonyl (C=O) groups excluding carboxylic acids is 1. The van der Waals surface area contributed by atoms with Gasteiger partial charge < -0.3 is 18.7 Å². The second-order valence-corrected chi connectivity index (χ2v) is 11.7. The fourth-order valence-electron chi connectivity index (χ4n) is 5.83. The van der Waals surface area contributed by atoms with Gasteiger partial charge >= 0.3 is 14.2 Å². The van der Waals surface area contributed by atoms with Crippen LogP contribution in [0.15, 0.2) is 48.8 Å². The van der Waals surface area contributed by atoms with Crippen molar-refractivity contribution in [2.45, 2.75) is 38.8 Å². The fourth-order valence-corrected chi connectivity index (χ4v) is 7.36. The lowest BCUT2D eigenvalue weighted by molar-refractivity contribution is -0.0505. The average molecular weight is 587 g/mol. The summed E-state index contributed by atoms with van der Waals surface area (Å²) in [7, 11) is -2.26. The van der Waals surface area contributed by atoms with Gasteiger partial charge in [-0.2, -0.15) is 13.9 Å². The summed E-state index contributed by atoms with van der Waals surface area (Å²) in [6.45, 7) is 0.306. The second-order valence-electron chi connectivity index (χ2n) is 9.72. The molecule has 0 saturated carbocycles. The molecule has 2 aliphatic rings. The van der Waals surface area contributed by atoms with Crippen LogP contribution in [0.3, 0.4) is 0 Å². The summed E-state index contributed by atoms with van der Waals surface area (Å²) in [5, 5.41) is 4.74. The van der Waals surface area contributed by atoms with E-state index in [1.807, 2.05) is 6.07 Å². The molecule has 214 valence electrons. The zero-order valence-electron chi connectivity index (χ0n) is 22.4. The smallest absolute Gasteiger partial charge is 0.387 e. The van der Waals surface area contributed by atoms with Crippen molar-refractivity contribution in [1.29, 1.82) is 0 Å². The molecule has 1 amide bonds. The molecule has 1 aromatic carbocycles. The highest BCUT2D eigenvalue weighted by Crippen LogP contribution is 2.53. The van der Waals surface area contributed by atoms with Gasteiger partial charge in [0.05, 0.1) is 30.5 Å². The number of alkyl halides is 2. The Morgan fingerprint density at radius 3 is 2.54 bits per heavy atom. The standard InChI is InChI=1S/C28H26F3N4O5P/c1-4-38-41(37,39-5-2)26-19(29)11-16(14-32-26)15-9-10-35-20(12-15)24-18-13-21(25(24)33-35)34(3)27(36)17-7-6-8-22(23(17)18)40-28(30)31/h6-12,14,18,21,28H,4-5,13H2,1-3H3. The molecule has 13 heteroatoms. The minimum Gasteiger partial charge on any atom is -0.434 e. The van der Waals surface area contributed by atoms with Crippen LogP contribution in [0.25, 0.3) is 16.6 Å². The zero-order chi connectivity index (χ0) is 29.1. The van der Waals surface area contributed by atoms with Gasteiger partial charge in [0.1, 0.15) is 5.75 Å². The fraction of sp³-hybridized carbons (Fsp3) is 0.321. The number of nitrogens with zero attached hydrogens (tertiary/aromatic N) is 4. The lowest BCUT2D eigenvalue weighted by atomic mass is 9.88. The van der Waals surface area contributed by atoms with E-state index in [0.29, 0.717) is 39.9 Å². The number of amides is 1. The van der Waals surface area contributed by atoms with Gasteiger partial charge in [0.25, 0.3) is 5.91 Å². The Morgan fingerprint density at radius 2 is 1.85 bits per heavy atom. The Labute approximate surface area is 233 Å². The Balaban J connectivity index is 1.48. The number of benzene rings is 1. The molecule has 4 aromatic rings. The molecule has 0 saturated heterocycles. The van der Waals surface area contributed by atoms with E-state index in [1.165, 1.54) is 24.4 Å². The molecule has 0 spiro atoms. The summed E-state index contributed by atoms with van der Waals surface area (Å²) in [4.78, 5) is 19.0. The van der Waals surface area contributed by atoms with Gasteiger partial charge in [-0.05, 0) is 56.2 Å². The van der Waals surface area contributed by atoms with Crippen LogP contribution in [0.1, 0.15) is 59.4 Å². The first kappa shape index (κ1) is 27.4. The van der Waals surface area contributed by atoms with E-state index in [0.717, 1.165) is 5.56 Å². The second kappa shape index (κ2) is 10.3. The Bertz CT molecular complexity index is 1720. The van der Waals surface area contributed by atoms with E-state index in [4.69, 9.17) is 18.9 Å². The number of aromatic nitrogens is 3. The number of ether oxygens (including phenoxy) is 1. The molecule has 4 heterocycles. The number of rotatable bonds is 8. The van der Waals surface area contributed by atoms with Crippen LogP contribution < -0.4 is 10.2 Å². The first-order valence-electron chi connectivity index (χ1n) is 13.1. The number of hydrogen-bond acceptors (Lipinski definition) is 7. The first-order chi connectivity index (χ1) is 19.7. The molecular weight excluding hydrogens is 560 g/mol. The van der Waals surface area contributed by atoms with Crippen molar-refractivity contribution in [2.75, 3.05) is 20.3 Å². The van der Waals surface area contributed by atoms with Gasteiger partial charge in [0, 0.05) is 47.6 Å². The van der Waals surface area contributed by atoms with Crippen molar-refractivity contribution < 1.29 is 36.3 Å². The third-order valence-corrected chi connectivity index (χ3v) is 9.53. The van der Waals surface area contributed by atoms with Gasteiger partial charge in [-0.25, -0.2) is 13.9 Å². The molecule has 6 rings (SSSR count). The van der Waals surface area contributed by atoms with Gasteiger partial charge in [0.15, 0.2) is 11.3 Å². The average Bonchev–Trinajstić information content (AvgIpc) is 3.46. The SMILES string of the molecule is CCOP(=O)(OCC)c1ncc(-c2ccn3nc4c(c3c2)C2CC4N(C)C(=O)c3cccc(OC(F)F)c32)cc1F. The van der Waals surface area contributed by atoms with Crippen LogP contribution in [-0.2, 0) is 13.6 Å². The lowest BCUT2D eigenvalue weighted by Gasteiger charge is -2.23. The van der Waals surface area contributed by atoms with E-state index in [-0.39, 0.29) is 30.9 Å². The summed E-state index contributed by atoms with van der Waals surface area (Å²) >= 11 is 0. The Morgan fingerprint density at radius 1 is 1.10 bits per heavy atom. The molecule has 0 fully saturated rings. The molecule has 2 unspecified atom stereocenters. The molecule has 9 nitrogen and oxygen atoms in total. The maximum atomic E-state index is 15.2. The minimum atomic E-state index is -3.93. The van der Waals surface area contributed by atoms with Crippen LogP contribution >= 0.6 is 7.60 Å². The summed E-state index contributed by atoms with van der Waals surface area (Å²) in [6.07, 6.45) is 3.55. The highest BCUT2D eigenvalue weighted by Gasteiger charge is 2.46. The van der Waals surface area contributed by atoms with Crippen LogP contribution in [0.5, 0.6) is 5.75 Å². The highest BCUT2D eigenvalue weighted by molar-refractivity contribution is 7.61. The number of halogens is 3. The maximum absolute atomic E-state index is 15.2. The molecule has 1 aliphatic carbocycles. The highest BCUT2D eigenvalue weighted by atomic mass is 31.2. The normalized spacial score (nSPS) is 18.1. The summed E-state index contributed by atoms with van der Waals surface area (Å²) < 4.78 is 72.0. The summed E-state index contributed by atoms with van der Waals surface area (Å²) in [6, 6.07) is 8.96. The van der Waals surface area contributed by atoms with Crippen molar-refractivity contribution >= 4 is 24.5 Å². The zero-order valence-corrected chi connectivity index (χ0v) is 23.3. The van der Waals surface area contributed by atoms with Crippen molar-refractivity contribution in [2.24, 2.45) is 0 Å². The monoisotopic (exact) mass is 586 g/mol. The quantitative estimate of drug-likeness (QED) is 0.245. The molecule has 41 heavy (non-hydrogen) atoms. The first-order valence-corrected chi connectivity index (χ1v) is 14.6. The molecule has 3 aromatic heterocycles. The predicted octanol–water partition coefficient (Wildman–Crippen LogP) is 5.69. The van der Waals surface area contributed by atoms with E-state index < -0.39 is 31.4 Å². The Kier molecular flexibility index (Phi) is 6.88. The number of carbonyl (C=O) groups is 1. The van der Waals surface area contributed by atoms with Crippen LogP contribution in [0, 0.1) is 5.82 Å². The van der Waals surface area contributed by atoms with E-state index in [2.05, 4.69) is 4.98 Å². The summed E-state index contributed by atoms with van der Waals surface area (Å²) in [5.41, 5.74) is 3.43. The summed E-state index contributed by atoms with van der Waals surface area (Å²) in [5.74, 6) is -1.62. The van der Waals surface area contributed by atoms with Crippen LogP contribution in [0.2, 0.25) is 0 Å². The molecule has 2 bridgehead atoms. The Hall–Kier alpha value is -3.73. The minimum absolute atomic E-state index is 0.0526. The molecular formula is C28H26F3N4O5P. The van der Waals surface area contributed by atoms with Crippen molar-refractivity contribution in [3.05, 3.63) is 77.0 Å². The van der Waals surface area contributed by atoms with Crippen molar-refractivity contribution in [1.82, 2.24) is 19.5 Å². The van der Waals surface area contributed by atoms with Crippen LogP contribution in [0.4, 0.5) is 13.2 Å². The van der Waals surface area contributed by atoms with Gasteiger partial charge in [-0.1, -0.05) is 6.07 Å². The lowest BCUT2D eigenvalue weighted by Crippen LogP contribution is -2.30. The number of fused-ring (bicyclic) bond motifs is 9. The third kappa shape index (κ3) is 4.41. The van der Waals surface area contributed by atoms with Crippen molar-refractivity contribution in [3.63, 3.8) is 0 Å². The topological polar surface area (TPSA) is 95.3 Å². The van der Waals surface area contributed by atoms with Crippen molar-refractivity contribution in [3.8, 4) is 16.9 Å². The van der Waals surface area contributed by atoms with E-state index >= 15 is 4.39 Å². The van der Waals surface area contributed by atoms with Gasteiger partial charge in [0.2, 0.25) is 0 Å². The number of hydrogen-bond donors (Lipinski definition) is 0. The van der Waals surface area contributed by atoms with E-state index in [9.17, 15) is 18.1 Å². The van der Waals surface area contributed by atoms with Gasteiger partial charge in [-0.15, -0.1) is 0 Å². The molecule has 2 atom stereocenters. The number of pyridine rings is 2. The molecule has 1 aliphatic heterocycles. The maximum Gasteiger partial charge on any atom is 0.387 e. The largest absolute Gasteiger partial charge is 0.434 e. The van der Waals surface area contributed by atoms with E-state index in [1.54, 1.807) is 48.6 Å².